The molecular formula is C23H29BO6. The number of unbranched alkanes of at least 4 members (excludes halogenated alkanes) is 1. The predicted molar refractivity (Wildman–Crippen MR) is 115 cm³/mol. The van der Waals surface area contributed by atoms with E-state index in [0.717, 1.165) is 32.1 Å². The molecule has 0 radical (unpaired) electrons. The Morgan fingerprint density at radius 1 is 1.13 bits per heavy atom. The average molecular weight is 412 g/mol. The molecule has 0 amide bonds. The number of Topliss-reactive ketones (excluding diaryl/α,β-unsaturated/α-hetero) is 1. The summed E-state index contributed by atoms with van der Waals surface area (Å²) in [6.07, 6.45) is 5.07. The van der Waals surface area contributed by atoms with Crippen molar-refractivity contribution in [2.75, 3.05) is 6.61 Å². The highest BCUT2D eigenvalue weighted by Gasteiger charge is 2.20. The molecule has 3 rings (SSSR count). The van der Waals surface area contributed by atoms with Crippen molar-refractivity contribution in [2.24, 2.45) is 0 Å². The first-order valence-corrected chi connectivity index (χ1v) is 10.6. The van der Waals surface area contributed by atoms with Crippen molar-refractivity contribution in [2.45, 2.75) is 58.3 Å². The van der Waals surface area contributed by atoms with Crippen molar-refractivity contribution < 1.29 is 29.1 Å². The minimum atomic E-state index is -1.60. The molecular weight excluding hydrogens is 383 g/mol. The van der Waals surface area contributed by atoms with E-state index in [0.29, 0.717) is 41.1 Å². The van der Waals surface area contributed by atoms with Crippen LogP contribution < -0.4 is 10.2 Å². The van der Waals surface area contributed by atoms with E-state index >= 15 is 0 Å². The van der Waals surface area contributed by atoms with E-state index in [2.05, 4.69) is 6.92 Å². The molecule has 0 aromatic heterocycles. The van der Waals surface area contributed by atoms with Gasteiger partial charge in [0.05, 0.1) is 6.61 Å². The lowest BCUT2D eigenvalue weighted by Crippen LogP contribution is -2.34. The number of ketones is 1. The van der Waals surface area contributed by atoms with Gasteiger partial charge in [-0.25, -0.2) is 0 Å². The molecule has 1 atom stereocenters. The van der Waals surface area contributed by atoms with Crippen LogP contribution in [-0.2, 0) is 16.1 Å². The Balaban J connectivity index is 1.67. The second kappa shape index (κ2) is 11.3. The fraction of sp³-hybridized carbons (Fsp3) is 0.435. The fourth-order valence-electron chi connectivity index (χ4n) is 3.37. The maximum atomic E-state index is 12.1. The maximum Gasteiger partial charge on any atom is 0.488 e. The van der Waals surface area contributed by atoms with Gasteiger partial charge in [0.1, 0.15) is 11.5 Å². The standard InChI is InChI=1S/C23H29BO6/c1-2-3-6-22(25)17-8-10-19(11-9-17)30-20-12-13-21(24(26)27)18(15-20)16-29-23-7-4-5-14-28-23/h8-13,15,23,26-27H,2-7,14,16H2,1H3. The molecule has 0 aliphatic carbocycles. The molecule has 1 aliphatic rings. The largest absolute Gasteiger partial charge is 0.488 e. The van der Waals surface area contributed by atoms with Crippen LogP contribution in [0.2, 0.25) is 0 Å². The lowest BCUT2D eigenvalue weighted by atomic mass is 9.77. The third-order valence-electron chi connectivity index (χ3n) is 5.12. The summed E-state index contributed by atoms with van der Waals surface area (Å²) >= 11 is 0. The summed E-state index contributed by atoms with van der Waals surface area (Å²) in [7, 11) is -1.60. The Hall–Kier alpha value is -2.19. The summed E-state index contributed by atoms with van der Waals surface area (Å²) in [5.74, 6) is 1.28. The molecule has 2 aromatic rings. The Kier molecular flexibility index (Phi) is 8.45. The van der Waals surface area contributed by atoms with Crippen molar-refractivity contribution in [3.8, 4) is 11.5 Å². The second-order valence-electron chi connectivity index (χ2n) is 7.49. The highest BCUT2D eigenvalue weighted by molar-refractivity contribution is 6.59. The van der Waals surface area contributed by atoms with Crippen LogP contribution in [0.5, 0.6) is 11.5 Å². The number of ether oxygens (including phenoxy) is 3. The van der Waals surface area contributed by atoms with Gasteiger partial charge in [0.2, 0.25) is 0 Å². The molecule has 1 fully saturated rings. The van der Waals surface area contributed by atoms with Gasteiger partial charge in [0.15, 0.2) is 12.1 Å². The quantitative estimate of drug-likeness (QED) is 0.459. The van der Waals surface area contributed by atoms with Gasteiger partial charge in [-0.2, -0.15) is 0 Å². The van der Waals surface area contributed by atoms with Gasteiger partial charge in [-0.15, -0.1) is 0 Å². The van der Waals surface area contributed by atoms with Crippen LogP contribution in [0, 0.1) is 0 Å². The van der Waals surface area contributed by atoms with Crippen LogP contribution in [0.4, 0.5) is 0 Å². The van der Waals surface area contributed by atoms with Gasteiger partial charge in [-0.05, 0) is 73.1 Å². The van der Waals surface area contributed by atoms with Crippen LogP contribution in [0.25, 0.3) is 0 Å². The zero-order valence-corrected chi connectivity index (χ0v) is 17.4. The molecule has 0 spiro atoms. The van der Waals surface area contributed by atoms with Crippen LogP contribution in [-0.4, -0.2) is 35.8 Å². The van der Waals surface area contributed by atoms with E-state index in [1.807, 2.05) is 0 Å². The first-order valence-electron chi connectivity index (χ1n) is 10.6. The third-order valence-corrected chi connectivity index (χ3v) is 5.12. The second-order valence-corrected chi connectivity index (χ2v) is 7.49. The molecule has 1 unspecified atom stereocenters. The van der Waals surface area contributed by atoms with E-state index in [4.69, 9.17) is 14.2 Å². The van der Waals surface area contributed by atoms with E-state index in [-0.39, 0.29) is 18.7 Å². The number of carbonyl (C=O) groups excluding carboxylic acids is 1. The van der Waals surface area contributed by atoms with Gasteiger partial charge in [0, 0.05) is 18.6 Å². The van der Waals surface area contributed by atoms with Gasteiger partial charge in [-0.3, -0.25) is 4.79 Å². The van der Waals surface area contributed by atoms with Gasteiger partial charge < -0.3 is 24.3 Å². The SMILES string of the molecule is CCCCC(=O)c1ccc(Oc2ccc(B(O)O)c(COC3CCCCO3)c2)cc1. The van der Waals surface area contributed by atoms with Crippen LogP contribution in [0.1, 0.15) is 61.4 Å². The highest BCUT2D eigenvalue weighted by Crippen LogP contribution is 2.24. The van der Waals surface area contributed by atoms with Crippen LogP contribution >= 0.6 is 0 Å². The molecule has 1 aliphatic heterocycles. The zero-order chi connectivity index (χ0) is 21.3. The highest BCUT2D eigenvalue weighted by atomic mass is 16.7. The van der Waals surface area contributed by atoms with Crippen LogP contribution in [0.3, 0.4) is 0 Å². The normalized spacial score (nSPS) is 16.3. The first-order chi connectivity index (χ1) is 14.6. The van der Waals surface area contributed by atoms with Crippen molar-refractivity contribution in [1.82, 2.24) is 0 Å². The summed E-state index contributed by atoms with van der Waals surface area (Å²) < 4.78 is 17.3. The number of benzene rings is 2. The molecule has 6 nitrogen and oxygen atoms in total. The van der Waals surface area contributed by atoms with Gasteiger partial charge >= 0.3 is 7.12 Å². The van der Waals surface area contributed by atoms with E-state index in [9.17, 15) is 14.8 Å². The van der Waals surface area contributed by atoms with Crippen molar-refractivity contribution in [3.05, 3.63) is 53.6 Å². The Labute approximate surface area is 177 Å². The smallest absolute Gasteiger partial charge is 0.457 e. The molecule has 30 heavy (non-hydrogen) atoms. The minimum absolute atomic E-state index is 0.133. The lowest BCUT2D eigenvalue weighted by molar-refractivity contribution is -0.168. The molecule has 160 valence electrons. The van der Waals surface area contributed by atoms with E-state index < -0.39 is 7.12 Å². The summed E-state index contributed by atoms with van der Waals surface area (Å²) in [4.78, 5) is 12.1. The molecule has 1 saturated heterocycles. The first kappa shape index (κ1) is 22.5. The van der Waals surface area contributed by atoms with Crippen molar-refractivity contribution in [1.29, 1.82) is 0 Å². The van der Waals surface area contributed by atoms with Crippen molar-refractivity contribution in [3.63, 3.8) is 0 Å². The number of rotatable bonds is 10. The zero-order valence-electron chi connectivity index (χ0n) is 17.4. The van der Waals surface area contributed by atoms with E-state index in [1.165, 1.54) is 0 Å². The number of hydrogen-bond acceptors (Lipinski definition) is 6. The predicted octanol–water partition coefficient (Wildman–Crippen LogP) is 3.57. The fourth-order valence-corrected chi connectivity index (χ4v) is 3.37. The molecule has 1 heterocycles. The Bertz CT molecular complexity index is 815. The minimum Gasteiger partial charge on any atom is -0.457 e. The summed E-state index contributed by atoms with van der Waals surface area (Å²) in [6, 6.07) is 12.1. The van der Waals surface area contributed by atoms with Gasteiger partial charge in [-0.1, -0.05) is 19.4 Å². The maximum absolute atomic E-state index is 12.1. The summed E-state index contributed by atoms with van der Waals surface area (Å²) in [5, 5.41) is 19.3. The topological polar surface area (TPSA) is 85.2 Å². The number of hydrogen-bond donors (Lipinski definition) is 2. The molecule has 0 bridgehead atoms. The Morgan fingerprint density at radius 2 is 1.90 bits per heavy atom. The lowest BCUT2D eigenvalue weighted by Gasteiger charge is -2.23. The molecule has 2 aromatic carbocycles. The average Bonchev–Trinajstić information content (AvgIpc) is 2.77. The van der Waals surface area contributed by atoms with Crippen LogP contribution in [0.15, 0.2) is 42.5 Å². The third kappa shape index (κ3) is 6.41. The number of carbonyl (C=O) groups is 1. The summed E-state index contributed by atoms with van der Waals surface area (Å²) in [6.45, 7) is 2.94. The molecule has 7 heteroatoms. The van der Waals surface area contributed by atoms with E-state index in [1.54, 1.807) is 42.5 Å². The van der Waals surface area contributed by atoms with Crippen molar-refractivity contribution >= 4 is 18.4 Å². The summed E-state index contributed by atoms with van der Waals surface area (Å²) in [5.41, 5.74) is 1.68. The monoisotopic (exact) mass is 412 g/mol. The van der Waals surface area contributed by atoms with Gasteiger partial charge in [0.25, 0.3) is 0 Å². The molecule has 0 saturated carbocycles. The Morgan fingerprint density at radius 3 is 2.57 bits per heavy atom. The molecule has 2 N–H and O–H groups in total.